The minimum Gasteiger partial charge on any atom is -0.368 e. The lowest BCUT2D eigenvalue weighted by Gasteiger charge is -2.27. The van der Waals surface area contributed by atoms with E-state index in [-0.39, 0.29) is 5.91 Å². The summed E-state index contributed by atoms with van der Waals surface area (Å²) in [6, 6.07) is 0. The largest absolute Gasteiger partial charge is 0.368 e. The molecule has 0 aromatic carbocycles. The van der Waals surface area contributed by atoms with Gasteiger partial charge in [0.15, 0.2) is 0 Å². The van der Waals surface area contributed by atoms with Gasteiger partial charge >= 0.3 is 0 Å². The second kappa shape index (κ2) is 3.44. The number of primary amides is 1. The van der Waals surface area contributed by atoms with E-state index in [9.17, 15) is 4.79 Å². The van der Waals surface area contributed by atoms with Crippen LogP contribution in [0.15, 0.2) is 0 Å². The van der Waals surface area contributed by atoms with Crippen molar-refractivity contribution < 1.29 is 4.79 Å². The van der Waals surface area contributed by atoms with Crippen LogP contribution in [0.4, 0.5) is 0 Å². The lowest BCUT2D eigenvalue weighted by Crippen LogP contribution is -2.54. The van der Waals surface area contributed by atoms with Crippen molar-refractivity contribution in [1.82, 2.24) is 0 Å². The summed E-state index contributed by atoms with van der Waals surface area (Å²) in [7, 11) is 0. The van der Waals surface area contributed by atoms with E-state index in [0.29, 0.717) is 5.92 Å². The van der Waals surface area contributed by atoms with Gasteiger partial charge in [-0.3, -0.25) is 4.79 Å². The Morgan fingerprint density at radius 2 is 2.33 bits per heavy atom. The number of carbonyl (C=O) groups is 1. The van der Waals surface area contributed by atoms with Gasteiger partial charge in [-0.25, -0.2) is 0 Å². The lowest BCUT2D eigenvalue weighted by molar-refractivity contribution is -0.124. The molecule has 0 aliphatic heterocycles. The molecule has 0 saturated heterocycles. The number of nitrogens with two attached hydrogens (primary N) is 2. The van der Waals surface area contributed by atoms with Gasteiger partial charge in [0.1, 0.15) is 0 Å². The van der Waals surface area contributed by atoms with Crippen LogP contribution in [-0.2, 0) is 4.79 Å². The normalized spacial score (nSPS) is 35.3. The summed E-state index contributed by atoms with van der Waals surface area (Å²) in [5, 5.41) is 0. The summed E-state index contributed by atoms with van der Waals surface area (Å²) in [6.07, 6.45) is 4.99. The van der Waals surface area contributed by atoms with Crippen LogP contribution >= 0.6 is 0 Å². The Bertz CT molecular complexity index is 181. The van der Waals surface area contributed by atoms with Crippen LogP contribution in [0.3, 0.4) is 0 Å². The van der Waals surface area contributed by atoms with E-state index < -0.39 is 5.54 Å². The molecule has 0 aromatic heterocycles. The molecule has 0 bridgehead atoms. The van der Waals surface area contributed by atoms with E-state index >= 15 is 0 Å². The van der Waals surface area contributed by atoms with E-state index in [1.165, 1.54) is 0 Å². The maximum atomic E-state index is 11.1. The molecule has 12 heavy (non-hydrogen) atoms. The van der Waals surface area contributed by atoms with Crippen LogP contribution in [0.25, 0.3) is 0 Å². The van der Waals surface area contributed by atoms with Crippen molar-refractivity contribution >= 4 is 5.91 Å². The van der Waals surface area contributed by atoms with E-state index in [0.717, 1.165) is 32.1 Å². The molecule has 0 spiro atoms. The third-order valence-electron chi connectivity index (χ3n) is 2.97. The first-order chi connectivity index (χ1) is 5.61. The first-order valence-corrected chi connectivity index (χ1v) is 4.70. The van der Waals surface area contributed by atoms with E-state index in [4.69, 9.17) is 11.5 Å². The highest BCUT2D eigenvalue weighted by Crippen LogP contribution is 2.36. The molecular weight excluding hydrogens is 152 g/mol. The molecule has 1 saturated carbocycles. The van der Waals surface area contributed by atoms with Crippen LogP contribution in [0.2, 0.25) is 0 Å². The molecule has 2 atom stereocenters. The number of amides is 1. The van der Waals surface area contributed by atoms with Crippen molar-refractivity contribution in [3.8, 4) is 0 Å². The molecule has 1 aliphatic carbocycles. The SMILES string of the molecule is CCCC1CCCC1(N)C(N)=O. The van der Waals surface area contributed by atoms with Gasteiger partial charge in [-0.05, 0) is 25.2 Å². The smallest absolute Gasteiger partial charge is 0.237 e. The van der Waals surface area contributed by atoms with Crippen LogP contribution in [0.5, 0.6) is 0 Å². The fourth-order valence-corrected chi connectivity index (χ4v) is 2.18. The molecule has 0 radical (unpaired) electrons. The second-order valence-corrected chi connectivity index (χ2v) is 3.78. The Morgan fingerprint density at radius 1 is 1.67 bits per heavy atom. The molecule has 1 amide bonds. The molecule has 1 aliphatic rings. The van der Waals surface area contributed by atoms with Gasteiger partial charge in [-0.15, -0.1) is 0 Å². The highest BCUT2D eigenvalue weighted by atomic mass is 16.1. The molecule has 3 nitrogen and oxygen atoms in total. The summed E-state index contributed by atoms with van der Waals surface area (Å²) < 4.78 is 0. The Balaban J connectivity index is 2.67. The maximum Gasteiger partial charge on any atom is 0.237 e. The molecule has 0 heterocycles. The van der Waals surface area contributed by atoms with Crippen molar-refractivity contribution in [2.45, 2.75) is 44.6 Å². The summed E-state index contributed by atoms with van der Waals surface area (Å²) >= 11 is 0. The minimum atomic E-state index is -0.698. The fourth-order valence-electron chi connectivity index (χ4n) is 2.18. The Labute approximate surface area is 73.5 Å². The standard InChI is InChI=1S/C9H18N2O/c1-2-4-7-5-3-6-9(7,11)8(10)12/h7H,2-6,11H2,1H3,(H2,10,12). The summed E-state index contributed by atoms with van der Waals surface area (Å²) in [6.45, 7) is 2.11. The van der Waals surface area contributed by atoms with Crippen LogP contribution < -0.4 is 11.5 Å². The van der Waals surface area contributed by atoms with Crippen LogP contribution in [-0.4, -0.2) is 11.4 Å². The highest BCUT2D eigenvalue weighted by molar-refractivity contribution is 5.85. The van der Waals surface area contributed by atoms with Crippen LogP contribution in [0.1, 0.15) is 39.0 Å². The zero-order valence-electron chi connectivity index (χ0n) is 7.68. The predicted molar refractivity (Wildman–Crippen MR) is 48.4 cm³/mol. The van der Waals surface area contributed by atoms with Crippen molar-refractivity contribution in [3.63, 3.8) is 0 Å². The van der Waals surface area contributed by atoms with Crippen molar-refractivity contribution in [3.05, 3.63) is 0 Å². The Kier molecular flexibility index (Phi) is 2.73. The Morgan fingerprint density at radius 3 is 2.83 bits per heavy atom. The first kappa shape index (κ1) is 9.52. The maximum absolute atomic E-state index is 11.1. The zero-order chi connectivity index (χ0) is 9.19. The third-order valence-corrected chi connectivity index (χ3v) is 2.97. The topological polar surface area (TPSA) is 69.1 Å². The van der Waals surface area contributed by atoms with E-state index in [2.05, 4.69) is 6.92 Å². The minimum absolute atomic E-state index is 0.319. The number of carbonyl (C=O) groups excluding carboxylic acids is 1. The van der Waals surface area contributed by atoms with E-state index in [1.54, 1.807) is 0 Å². The fraction of sp³-hybridized carbons (Fsp3) is 0.889. The van der Waals surface area contributed by atoms with Gasteiger partial charge in [0.25, 0.3) is 0 Å². The van der Waals surface area contributed by atoms with Gasteiger partial charge < -0.3 is 11.5 Å². The van der Waals surface area contributed by atoms with Gasteiger partial charge in [-0.2, -0.15) is 0 Å². The summed E-state index contributed by atoms with van der Waals surface area (Å²) in [4.78, 5) is 11.1. The molecule has 2 unspecified atom stereocenters. The van der Waals surface area contributed by atoms with Crippen molar-refractivity contribution in [2.75, 3.05) is 0 Å². The zero-order valence-corrected chi connectivity index (χ0v) is 7.68. The average Bonchev–Trinajstić information content (AvgIpc) is 2.35. The van der Waals surface area contributed by atoms with E-state index in [1.807, 2.05) is 0 Å². The van der Waals surface area contributed by atoms with Crippen molar-refractivity contribution in [1.29, 1.82) is 0 Å². The summed E-state index contributed by atoms with van der Waals surface area (Å²) in [5.41, 5.74) is 10.5. The first-order valence-electron chi connectivity index (χ1n) is 4.70. The quantitative estimate of drug-likeness (QED) is 0.656. The van der Waals surface area contributed by atoms with Gasteiger partial charge in [0.05, 0.1) is 5.54 Å². The van der Waals surface area contributed by atoms with Gasteiger partial charge in [0, 0.05) is 0 Å². The average molecular weight is 170 g/mol. The Hall–Kier alpha value is -0.570. The molecule has 0 aromatic rings. The lowest BCUT2D eigenvalue weighted by atomic mass is 9.84. The van der Waals surface area contributed by atoms with Gasteiger partial charge in [0.2, 0.25) is 5.91 Å². The van der Waals surface area contributed by atoms with Crippen LogP contribution in [0, 0.1) is 5.92 Å². The molecule has 1 rings (SSSR count). The monoisotopic (exact) mass is 170 g/mol. The predicted octanol–water partition coefficient (Wildman–Crippen LogP) is 0.769. The second-order valence-electron chi connectivity index (χ2n) is 3.78. The van der Waals surface area contributed by atoms with Crippen molar-refractivity contribution in [2.24, 2.45) is 17.4 Å². The highest BCUT2D eigenvalue weighted by Gasteiger charge is 2.43. The number of hydrogen-bond acceptors (Lipinski definition) is 2. The molecule has 4 N–H and O–H groups in total. The molecule has 3 heteroatoms. The number of rotatable bonds is 3. The number of hydrogen-bond donors (Lipinski definition) is 2. The molecule has 70 valence electrons. The summed E-state index contributed by atoms with van der Waals surface area (Å²) in [5.74, 6) is -0.00144. The molecule has 1 fully saturated rings. The third kappa shape index (κ3) is 1.46. The molecular formula is C9H18N2O. The van der Waals surface area contributed by atoms with Gasteiger partial charge in [-0.1, -0.05) is 19.8 Å².